The van der Waals surface area contributed by atoms with Gasteiger partial charge in [-0.3, -0.25) is 4.90 Å². The van der Waals surface area contributed by atoms with E-state index in [0.29, 0.717) is 0 Å². The van der Waals surface area contributed by atoms with Gasteiger partial charge in [0.2, 0.25) is 0 Å². The lowest BCUT2D eigenvalue weighted by Gasteiger charge is -2.29. The van der Waals surface area contributed by atoms with E-state index in [-0.39, 0.29) is 0 Å². The van der Waals surface area contributed by atoms with E-state index in [9.17, 15) is 0 Å². The van der Waals surface area contributed by atoms with Gasteiger partial charge in [0.15, 0.2) is 0 Å². The number of likely N-dealkylation sites (tertiary alicyclic amines) is 1. The Balaban J connectivity index is 1.81. The van der Waals surface area contributed by atoms with Crippen LogP contribution >= 0.6 is 0 Å². The van der Waals surface area contributed by atoms with Crippen LogP contribution in [0.3, 0.4) is 0 Å². The Kier molecular flexibility index (Phi) is 3.82. The molecule has 2 aliphatic rings. The van der Waals surface area contributed by atoms with Crippen LogP contribution in [0.25, 0.3) is 0 Å². The Labute approximate surface area is 88.1 Å². The number of hydrogen-bond acceptors (Lipinski definition) is 2. The van der Waals surface area contributed by atoms with Crippen molar-refractivity contribution >= 4 is 0 Å². The van der Waals surface area contributed by atoms with Gasteiger partial charge in [0.25, 0.3) is 0 Å². The fourth-order valence-electron chi connectivity index (χ4n) is 2.80. The van der Waals surface area contributed by atoms with Crippen LogP contribution in [-0.2, 0) is 0 Å². The van der Waals surface area contributed by atoms with Crippen LogP contribution < -0.4 is 5.32 Å². The summed E-state index contributed by atoms with van der Waals surface area (Å²) in [5.74, 6) is 0. The highest BCUT2D eigenvalue weighted by atomic mass is 15.2. The molecule has 0 amide bonds. The molecule has 2 saturated heterocycles. The van der Waals surface area contributed by atoms with Crippen LogP contribution in [0.5, 0.6) is 0 Å². The average molecular weight is 196 g/mol. The van der Waals surface area contributed by atoms with Gasteiger partial charge >= 0.3 is 0 Å². The number of hydrogen-bond donors (Lipinski definition) is 1. The van der Waals surface area contributed by atoms with Crippen LogP contribution in [0.1, 0.15) is 45.4 Å². The molecule has 2 rings (SSSR count). The van der Waals surface area contributed by atoms with E-state index in [2.05, 4.69) is 17.1 Å². The Morgan fingerprint density at radius 1 is 1.14 bits per heavy atom. The summed E-state index contributed by atoms with van der Waals surface area (Å²) in [6.45, 7) is 6.27. The Hall–Kier alpha value is -0.0800. The van der Waals surface area contributed by atoms with Crippen molar-refractivity contribution in [2.24, 2.45) is 0 Å². The number of rotatable bonds is 2. The molecule has 2 nitrogen and oxygen atoms in total. The molecule has 2 heteroatoms. The van der Waals surface area contributed by atoms with Crippen LogP contribution in [0.2, 0.25) is 0 Å². The van der Waals surface area contributed by atoms with Crippen molar-refractivity contribution in [3.8, 4) is 0 Å². The highest BCUT2D eigenvalue weighted by Gasteiger charge is 2.22. The third kappa shape index (κ3) is 2.71. The van der Waals surface area contributed by atoms with Gasteiger partial charge < -0.3 is 5.32 Å². The van der Waals surface area contributed by atoms with Gasteiger partial charge in [-0.05, 0) is 45.7 Å². The molecule has 2 fully saturated rings. The van der Waals surface area contributed by atoms with Gasteiger partial charge in [-0.2, -0.15) is 0 Å². The fourth-order valence-corrected chi connectivity index (χ4v) is 2.80. The second-order valence-electron chi connectivity index (χ2n) is 4.99. The van der Waals surface area contributed by atoms with Crippen molar-refractivity contribution in [2.75, 3.05) is 19.6 Å². The molecule has 1 N–H and O–H groups in total. The van der Waals surface area contributed by atoms with Gasteiger partial charge in [-0.1, -0.05) is 12.8 Å². The summed E-state index contributed by atoms with van der Waals surface area (Å²) < 4.78 is 0. The van der Waals surface area contributed by atoms with Crippen molar-refractivity contribution in [1.29, 1.82) is 0 Å². The molecule has 1 unspecified atom stereocenters. The zero-order valence-electron chi connectivity index (χ0n) is 9.47. The first kappa shape index (κ1) is 10.4. The summed E-state index contributed by atoms with van der Waals surface area (Å²) in [6, 6.07) is 1.61. The van der Waals surface area contributed by atoms with E-state index < -0.39 is 0 Å². The zero-order valence-corrected chi connectivity index (χ0v) is 9.47. The van der Waals surface area contributed by atoms with E-state index in [1.807, 2.05) is 0 Å². The van der Waals surface area contributed by atoms with Crippen LogP contribution in [0.4, 0.5) is 0 Å². The first-order valence-corrected chi connectivity index (χ1v) is 6.33. The molecular weight excluding hydrogens is 172 g/mol. The molecule has 0 spiro atoms. The van der Waals surface area contributed by atoms with Crippen LogP contribution in [0, 0.1) is 0 Å². The quantitative estimate of drug-likeness (QED) is 0.727. The van der Waals surface area contributed by atoms with Crippen LogP contribution in [-0.4, -0.2) is 36.6 Å². The highest BCUT2D eigenvalue weighted by molar-refractivity contribution is 4.81. The molecular formula is C12H24N2. The predicted molar refractivity (Wildman–Crippen MR) is 60.5 cm³/mol. The molecule has 0 aromatic carbocycles. The van der Waals surface area contributed by atoms with Crippen molar-refractivity contribution in [3.63, 3.8) is 0 Å². The lowest BCUT2D eigenvalue weighted by atomic mass is 10.1. The molecule has 2 aliphatic heterocycles. The van der Waals surface area contributed by atoms with E-state index in [1.165, 1.54) is 58.2 Å². The molecule has 0 aliphatic carbocycles. The summed E-state index contributed by atoms with van der Waals surface area (Å²) in [6.07, 6.45) is 8.48. The first-order valence-electron chi connectivity index (χ1n) is 6.33. The van der Waals surface area contributed by atoms with Crippen molar-refractivity contribution in [3.05, 3.63) is 0 Å². The topological polar surface area (TPSA) is 15.3 Å². The minimum atomic E-state index is 0.788. The third-order valence-corrected chi connectivity index (χ3v) is 3.81. The highest BCUT2D eigenvalue weighted by Crippen LogP contribution is 2.18. The van der Waals surface area contributed by atoms with Crippen LogP contribution in [0.15, 0.2) is 0 Å². The Morgan fingerprint density at radius 3 is 2.86 bits per heavy atom. The Bertz CT molecular complexity index is 164. The second-order valence-corrected chi connectivity index (χ2v) is 4.99. The van der Waals surface area contributed by atoms with Gasteiger partial charge in [-0.15, -0.1) is 0 Å². The monoisotopic (exact) mass is 196 g/mol. The van der Waals surface area contributed by atoms with E-state index in [1.54, 1.807) is 0 Å². The van der Waals surface area contributed by atoms with Gasteiger partial charge in [-0.25, -0.2) is 0 Å². The minimum absolute atomic E-state index is 0.788. The Morgan fingerprint density at radius 2 is 2.07 bits per heavy atom. The first-order chi connectivity index (χ1) is 6.86. The third-order valence-electron chi connectivity index (χ3n) is 3.81. The molecule has 0 aromatic heterocycles. The normalized spacial score (nSPS) is 35.8. The van der Waals surface area contributed by atoms with Crippen molar-refractivity contribution < 1.29 is 0 Å². The maximum absolute atomic E-state index is 3.60. The van der Waals surface area contributed by atoms with E-state index >= 15 is 0 Å². The summed E-state index contributed by atoms with van der Waals surface area (Å²) in [4.78, 5) is 2.70. The fraction of sp³-hybridized carbons (Fsp3) is 1.00. The molecule has 14 heavy (non-hydrogen) atoms. The van der Waals surface area contributed by atoms with Gasteiger partial charge in [0.05, 0.1) is 0 Å². The minimum Gasteiger partial charge on any atom is -0.313 e. The summed E-state index contributed by atoms with van der Waals surface area (Å²) in [7, 11) is 0. The maximum Gasteiger partial charge on any atom is 0.0195 e. The van der Waals surface area contributed by atoms with E-state index in [4.69, 9.17) is 0 Å². The number of nitrogens with one attached hydrogen (secondary N) is 1. The average Bonchev–Trinajstić information content (AvgIpc) is 2.60. The smallest absolute Gasteiger partial charge is 0.0195 e. The summed E-state index contributed by atoms with van der Waals surface area (Å²) in [5, 5.41) is 3.60. The molecule has 0 aromatic rings. The molecule has 2 atom stereocenters. The van der Waals surface area contributed by atoms with Gasteiger partial charge in [0, 0.05) is 18.6 Å². The van der Waals surface area contributed by atoms with Gasteiger partial charge in [0.1, 0.15) is 0 Å². The number of nitrogens with zero attached hydrogens (tertiary/aromatic N) is 1. The predicted octanol–water partition coefficient (Wildman–Crippen LogP) is 2.00. The standard InChI is InChI=1S/C12H24N2/c1-11-6-3-2-4-9-14(11)10-12-7-5-8-13-12/h11-13H,2-10H2,1H3/t11?,12-/m0/s1. The molecule has 0 bridgehead atoms. The lowest BCUT2D eigenvalue weighted by molar-refractivity contribution is 0.195. The van der Waals surface area contributed by atoms with E-state index in [0.717, 1.165) is 12.1 Å². The van der Waals surface area contributed by atoms with Crippen molar-refractivity contribution in [1.82, 2.24) is 10.2 Å². The van der Waals surface area contributed by atoms with Crippen molar-refractivity contribution in [2.45, 2.75) is 57.5 Å². The molecule has 0 radical (unpaired) electrons. The maximum atomic E-state index is 3.60. The second kappa shape index (κ2) is 5.13. The summed E-state index contributed by atoms with van der Waals surface area (Å²) in [5.41, 5.74) is 0. The zero-order chi connectivity index (χ0) is 9.80. The SMILES string of the molecule is CC1CCCCCN1C[C@@H]1CCCN1. The molecule has 2 heterocycles. The molecule has 0 saturated carbocycles. The lowest BCUT2D eigenvalue weighted by Crippen LogP contribution is -2.42. The largest absolute Gasteiger partial charge is 0.313 e. The molecule has 82 valence electrons. The summed E-state index contributed by atoms with van der Waals surface area (Å²) >= 11 is 0.